The first kappa shape index (κ1) is 44.3. The number of aliphatic hydroxyl groups is 4. The highest BCUT2D eigenvalue weighted by Gasteiger charge is 2.54. The van der Waals surface area contributed by atoms with Crippen molar-refractivity contribution in [3.8, 4) is 17.2 Å². The van der Waals surface area contributed by atoms with Gasteiger partial charge in [-0.1, -0.05) is 6.92 Å². The van der Waals surface area contributed by atoms with E-state index in [9.17, 15) is 50.1 Å². The molecule has 0 amide bonds. The monoisotopic (exact) mass is 845 g/mol. The molecule has 0 spiro atoms. The molecule has 60 heavy (non-hydrogen) atoms. The number of ketones is 2. The number of hydrogen-bond donors (Lipinski definition) is 7. The fourth-order valence-electron chi connectivity index (χ4n) is 9.51. The van der Waals surface area contributed by atoms with Crippen molar-refractivity contribution in [3.05, 3.63) is 51.6 Å². The van der Waals surface area contributed by atoms with Crippen LogP contribution in [-0.4, -0.2) is 159 Å². The normalized spacial score (nSPS) is 37.9. The van der Waals surface area contributed by atoms with E-state index in [-0.39, 0.29) is 54.8 Å². The number of hydrogen-bond acceptors (Lipinski definition) is 18. The number of ether oxygens (including phenoxy) is 7. The van der Waals surface area contributed by atoms with Crippen molar-refractivity contribution >= 4 is 17.5 Å². The van der Waals surface area contributed by atoms with Gasteiger partial charge in [-0.15, -0.1) is 0 Å². The Morgan fingerprint density at radius 2 is 1.35 bits per heavy atom. The van der Waals surface area contributed by atoms with Crippen LogP contribution in [0.2, 0.25) is 0 Å². The Morgan fingerprint density at radius 3 is 1.92 bits per heavy atom. The number of likely N-dealkylation sites (N-methyl/N-ethyl adjacent to an activating group) is 1. The first-order chi connectivity index (χ1) is 28.3. The molecule has 7 rings (SSSR count). The average molecular weight is 846 g/mol. The standard InChI is InChI=1S/C42H55NO17/c1-8-42(53)15-26(30-19(34(42)41(52)54-7)11-20-31(37(30)50)38(51)33-23(45)10-9-22(44)32(33)36(20)49)58-27-12-21(43(5)6)39(17(3)56-27)59-29-14-25(47)40(18(4)57-29)60-28-13-24(46)35(48)16(2)55-28/h9-11,16-18,21,24-29,34-35,39-40,44-48,50,53H,8,12-15H2,1-7H3/t16-,17-,18-,21-,24-,25-,26-,27+,28+,29+,34-,35-,39-,40-,42-/m1/s1. The van der Waals surface area contributed by atoms with Crippen LogP contribution in [0.15, 0.2) is 18.2 Å². The number of aromatic hydroxyl groups is 3. The summed E-state index contributed by atoms with van der Waals surface area (Å²) in [4.78, 5) is 43.2. The molecule has 3 heterocycles. The summed E-state index contributed by atoms with van der Waals surface area (Å²) < 4.78 is 42.5. The van der Waals surface area contributed by atoms with E-state index in [4.69, 9.17) is 33.2 Å². The van der Waals surface area contributed by atoms with E-state index >= 15 is 0 Å². The maximum atomic E-state index is 14.0. The van der Waals surface area contributed by atoms with Crippen molar-refractivity contribution in [2.75, 3.05) is 21.2 Å². The second kappa shape index (κ2) is 16.8. The molecular formula is C42H55NO17. The predicted molar refractivity (Wildman–Crippen MR) is 205 cm³/mol. The Kier molecular flexibility index (Phi) is 12.4. The first-order valence-corrected chi connectivity index (χ1v) is 20.3. The number of phenols is 3. The van der Waals surface area contributed by atoms with Crippen molar-refractivity contribution in [2.24, 2.45) is 0 Å². The summed E-state index contributed by atoms with van der Waals surface area (Å²) in [5, 5.41) is 76.8. The number of benzene rings is 2. The molecule has 7 N–H and O–H groups in total. The molecule has 3 saturated heterocycles. The van der Waals surface area contributed by atoms with Gasteiger partial charge in [-0.05, 0) is 65.0 Å². The molecule has 0 saturated carbocycles. The predicted octanol–water partition coefficient (Wildman–Crippen LogP) is 1.63. The van der Waals surface area contributed by atoms with E-state index in [0.29, 0.717) is 0 Å². The number of carbonyl (C=O) groups excluding carboxylic acids is 3. The van der Waals surface area contributed by atoms with Crippen molar-refractivity contribution in [1.29, 1.82) is 0 Å². The zero-order valence-corrected chi connectivity index (χ0v) is 34.5. The van der Waals surface area contributed by atoms with Crippen molar-refractivity contribution in [2.45, 2.75) is 151 Å². The number of aliphatic hydroxyl groups excluding tert-OH is 3. The molecule has 2 aliphatic carbocycles. The van der Waals surface area contributed by atoms with Crippen LogP contribution < -0.4 is 0 Å². The van der Waals surface area contributed by atoms with Gasteiger partial charge in [0.1, 0.15) is 41.5 Å². The van der Waals surface area contributed by atoms with Crippen LogP contribution >= 0.6 is 0 Å². The zero-order valence-electron chi connectivity index (χ0n) is 34.5. The maximum absolute atomic E-state index is 14.0. The summed E-state index contributed by atoms with van der Waals surface area (Å²) in [6.45, 7) is 6.77. The molecule has 3 aliphatic heterocycles. The van der Waals surface area contributed by atoms with Gasteiger partial charge in [0.15, 0.2) is 24.7 Å². The molecule has 18 heteroatoms. The van der Waals surface area contributed by atoms with E-state index in [1.807, 2.05) is 19.0 Å². The van der Waals surface area contributed by atoms with Gasteiger partial charge in [-0.3, -0.25) is 14.4 Å². The van der Waals surface area contributed by atoms with E-state index in [1.165, 1.54) is 6.07 Å². The van der Waals surface area contributed by atoms with Crippen LogP contribution in [0.25, 0.3) is 0 Å². The lowest BCUT2D eigenvalue weighted by Gasteiger charge is -2.48. The number of nitrogens with zero attached hydrogens (tertiary/aromatic N) is 1. The highest BCUT2D eigenvalue weighted by atomic mass is 16.7. The number of rotatable bonds is 9. The Hall–Kier alpha value is -3.79. The highest BCUT2D eigenvalue weighted by molar-refractivity contribution is 6.31. The topological polar surface area (TPSA) is 261 Å². The lowest BCUT2D eigenvalue weighted by atomic mass is 9.67. The van der Waals surface area contributed by atoms with Crippen LogP contribution in [0.1, 0.15) is 115 Å². The third kappa shape index (κ3) is 7.70. The molecule has 2 aromatic rings. The van der Waals surface area contributed by atoms with E-state index in [2.05, 4.69) is 0 Å². The molecule has 330 valence electrons. The molecule has 0 radical (unpaired) electrons. The third-order valence-corrected chi connectivity index (χ3v) is 12.8. The second-order valence-electron chi connectivity index (χ2n) is 16.8. The number of phenolic OH excluding ortho intramolecular Hbond substituents is 3. The summed E-state index contributed by atoms with van der Waals surface area (Å²) in [6, 6.07) is 2.97. The van der Waals surface area contributed by atoms with Crippen LogP contribution in [0.5, 0.6) is 17.2 Å². The lowest BCUT2D eigenvalue weighted by Crippen LogP contribution is -2.58. The van der Waals surface area contributed by atoms with Gasteiger partial charge in [0.05, 0.1) is 66.0 Å². The lowest BCUT2D eigenvalue weighted by molar-refractivity contribution is -0.332. The van der Waals surface area contributed by atoms with Crippen molar-refractivity contribution in [3.63, 3.8) is 0 Å². The third-order valence-electron chi connectivity index (χ3n) is 12.8. The summed E-state index contributed by atoms with van der Waals surface area (Å²) in [7, 11) is 4.82. The second-order valence-corrected chi connectivity index (χ2v) is 16.8. The van der Waals surface area contributed by atoms with Gasteiger partial charge < -0.3 is 73.8 Å². The summed E-state index contributed by atoms with van der Waals surface area (Å²) in [5.74, 6) is -5.94. The number of carbonyl (C=O) groups is 3. The van der Waals surface area contributed by atoms with Gasteiger partial charge in [0, 0.05) is 42.9 Å². The first-order valence-electron chi connectivity index (χ1n) is 20.3. The molecule has 5 aliphatic rings. The van der Waals surface area contributed by atoms with E-state index in [1.54, 1.807) is 27.7 Å². The Labute approximate surface area is 346 Å². The fourth-order valence-corrected chi connectivity index (χ4v) is 9.51. The van der Waals surface area contributed by atoms with Crippen LogP contribution in [0, 0.1) is 0 Å². The largest absolute Gasteiger partial charge is 0.507 e. The molecule has 0 bridgehead atoms. The van der Waals surface area contributed by atoms with Crippen LogP contribution in [0.4, 0.5) is 0 Å². The smallest absolute Gasteiger partial charge is 0.316 e. The van der Waals surface area contributed by atoms with Crippen molar-refractivity contribution < 1.29 is 83.3 Å². The van der Waals surface area contributed by atoms with Gasteiger partial charge >= 0.3 is 5.97 Å². The van der Waals surface area contributed by atoms with Crippen LogP contribution in [-0.2, 0) is 38.0 Å². The molecule has 18 nitrogen and oxygen atoms in total. The van der Waals surface area contributed by atoms with Gasteiger partial charge in [0.25, 0.3) is 0 Å². The summed E-state index contributed by atoms with van der Waals surface area (Å²) in [6.07, 6.45) is -10.5. The van der Waals surface area contributed by atoms with E-state index < -0.39 is 137 Å². The molecule has 3 fully saturated rings. The van der Waals surface area contributed by atoms with E-state index in [0.717, 1.165) is 19.2 Å². The van der Waals surface area contributed by atoms with Crippen molar-refractivity contribution in [1.82, 2.24) is 4.90 Å². The van der Waals surface area contributed by atoms with Crippen LogP contribution in [0.3, 0.4) is 0 Å². The minimum atomic E-state index is -1.82. The Bertz CT molecular complexity index is 1970. The zero-order chi connectivity index (χ0) is 43.7. The maximum Gasteiger partial charge on any atom is 0.316 e. The molecule has 2 aromatic carbocycles. The minimum absolute atomic E-state index is 0.0140. The average Bonchev–Trinajstić information content (AvgIpc) is 3.18. The SMILES string of the molecule is CC[C@@]1(O)C[C@@H](O[C@H]2C[C@@H](N(C)C)[C@H](O[C@H]3C[C@@H](O)[C@H](O[C@H]4C[C@@H](O)[C@H](O)[C@@H](C)O4)[C@@H](C)O3)[C@@H](C)O2)c2c(cc3c(c2O)C(=O)c2c(O)ccc(O)c2C3=O)[C@@H]1C(=O)OC. The Morgan fingerprint density at radius 1 is 0.800 bits per heavy atom. The molecule has 0 aromatic heterocycles. The minimum Gasteiger partial charge on any atom is -0.507 e. The molecule has 15 atom stereocenters. The highest BCUT2D eigenvalue weighted by Crippen LogP contribution is 2.54. The molecular weight excluding hydrogens is 790 g/mol. The van der Waals surface area contributed by atoms with Gasteiger partial charge in [-0.25, -0.2) is 0 Å². The summed E-state index contributed by atoms with van der Waals surface area (Å²) >= 11 is 0. The molecule has 0 unspecified atom stereocenters. The van der Waals surface area contributed by atoms with Gasteiger partial charge in [-0.2, -0.15) is 0 Å². The van der Waals surface area contributed by atoms with Gasteiger partial charge in [0.2, 0.25) is 5.78 Å². The number of esters is 1. The quantitative estimate of drug-likeness (QED) is 0.119. The Balaban J connectivity index is 1.14. The number of methoxy groups -OCH3 is 1. The summed E-state index contributed by atoms with van der Waals surface area (Å²) in [5.41, 5.74) is -3.64. The number of fused-ring (bicyclic) bond motifs is 3. The fraction of sp³-hybridized carbons (Fsp3) is 0.643.